The first-order valence-corrected chi connectivity index (χ1v) is 12.5. The van der Waals surface area contributed by atoms with Gasteiger partial charge in [-0.1, -0.05) is 17.7 Å². The second kappa shape index (κ2) is 11.0. The normalized spacial score (nSPS) is 20.1. The lowest BCUT2D eigenvalue weighted by molar-refractivity contribution is -0.138. The number of benzene rings is 2. The van der Waals surface area contributed by atoms with Gasteiger partial charge in [-0.3, -0.25) is 9.80 Å². The Kier molecular flexibility index (Phi) is 8.26. The molecule has 9 heteroatoms. The molecule has 192 valence electrons. The Morgan fingerprint density at radius 3 is 2.34 bits per heavy atom. The highest BCUT2D eigenvalue weighted by molar-refractivity contribution is 6.30. The molecule has 0 aliphatic carbocycles. The first-order valence-electron chi connectivity index (χ1n) is 12.2. The van der Waals surface area contributed by atoms with Crippen LogP contribution in [-0.4, -0.2) is 74.1 Å². The van der Waals surface area contributed by atoms with Crippen LogP contribution >= 0.6 is 11.6 Å². The van der Waals surface area contributed by atoms with Crippen molar-refractivity contribution < 1.29 is 17.6 Å². The van der Waals surface area contributed by atoms with Crippen LogP contribution in [0.4, 0.5) is 23.2 Å². The second-order valence-electron chi connectivity index (χ2n) is 9.64. The molecule has 0 radical (unpaired) electrons. The highest BCUT2D eigenvalue weighted by Gasteiger charge is 2.34. The fourth-order valence-corrected chi connectivity index (χ4v) is 5.21. The van der Waals surface area contributed by atoms with Gasteiger partial charge in [-0.2, -0.15) is 13.2 Å². The average molecular weight is 513 g/mol. The first-order chi connectivity index (χ1) is 16.6. The summed E-state index contributed by atoms with van der Waals surface area (Å²) in [4.78, 5) is 8.80. The molecule has 2 aliphatic rings. The molecule has 0 aromatic heterocycles. The van der Waals surface area contributed by atoms with Gasteiger partial charge in [-0.25, -0.2) is 4.39 Å². The van der Waals surface area contributed by atoms with E-state index in [0.29, 0.717) is 18.7 Å². The number of anilines is 1. The molecule has 1 unspecified atom stereocenters. The third-order valence-electron chi connectivity index (χ3n) is 7.25. The molecule has 2 aromatic rings. The zero-order chi connectivity index (χ0) is 25.2. The van der Waals surface area contributed by atoms with Gasteiger partial charge in [-0.15, -0.1) is 0 Å². The summed E-state index contributed by atoms with van der Waals surface area (Å²) >= 11 is 5.95. The molecule has 4 rings (SSSR count). The second-order valence-corrected chi connectivity index (χ2v) is 10.1. The van der Waals surface area contributed by atoms with Crippen molar-refractivity contribution in [2.24, 2.45) is 0 Å². The van der Waals surface area contributed by atoms with E-state index < -0.39 is 17.6 Å². The number of piperazine rings is 1. The van der Waals surface area contributed by atoms with E-state index in [-0.39, 0.29) is 17.6 Å². The third-order valence-corrected chi connectivity index (χ3v) is 7.54. The number of hydrogen-bond donors (Lipinski definition) is 0. The SMILES string of the molecule is CC(c1ccc(F)c(Cl)c1)N1CCN(Cc2cc(N3CCCN(C)CC3)ccc2C(F)(F)F)CC1. The van der Waals surface area contributed by atoms with Crippen LogP contribution in [0.5, 0.6) is 0 Å². The van der Waals surface area contributed by atoms with Crippen LogP contribution in [0.25, 0.3) is 0 Å². The molecule has 2 fully saturated rings. The zero-order valence-electron chi connectivity index (χ0n) is 20.3. The van der Waals surface area contributed by atoms with Gasteiger partial charge in [0.15, 0.2) is 0 Å². The van der Waals surface area contributed by atoms with Gasteiger partial charge in [0.2, 0.25) is 0 Å². The predicted octanol–water partition coefficient (Wildman–Crippen LogP) is 5.52. The molecular formula is C26H33ClF4N4. The Labute approximate surface area is 210 Å². The minimum absolute atomic E-state index is 0.0467. The largest absolute Gasteiger partial charge is 0.416 e. The van der Waals surface area contributed by atoms with E-state index in [0.717, 1.165) is 56.9 Å². The van der Waals surface area contributed by atoms with E-state index in [1.807, 2.05) is 6.92 Å². The van der Waals surface area contributed by atoms with Crippen molar-refractivity contribution in [1.29, 1.82) is 0 Å². The Morgan fingerprint density at radius 2 is 1.66 bits per heavy atom. The van der Waals surface area contributed by atoms with Gasteiger partial charge in [0, 0.05) is 64.1 Å². The summed E-state index contributed by atoms with van der Waals surface area (Å²) < 4.78 is 55.0. The fourth-order valence-electron chi connectivity index (χ4n) is 5.02. The maximum Gasteiger partial charge on any atom is 0.416 e. The molecule has 4 nitrogen and oxygen atoms in total. The summed E-state index contributed by atoms with van der Waals surface area (Å²) in [5, 5.41) is 0.101. The summed E-state index contributed by atoms with van der Waals surface area (Å²) in [6.07, 6.45) is -3.39. The molecule has 0 saturated carbocycles. The van der Waals surface area contributed by atoms with E-state index in [9.17, 15) is 17.6 Å². The lowest BCUT2D eigenvalue weighted by atomic mass is 10.0. The molecular weight excluding hydrogens is 480 g/mol. The first kappa shape index (κ1) is 26.2. The van der Waals surface area contributed by atoms with Crippen LogP contribution in [-0.2, 0) is 12.7 Å². The lowest BCUT2D eigenvalue weighted by Gasteiger charge is -2.38. The fraction of sp³-hybridized carbons (Fsp3) is 0.538. The highest BCUT2D eigenvalue weighted by atomic mass is 35.5. The minimum atomic E-state index is -4.38. The summed E-state index contributed by atoms with van der Waals surface area (Å²) in [5.74, 6) is -0.442. The Bertz CT molecular complexity index is 1010. The number of nitrogens with zero attached hydrogens (tertiary/aromatic N) is 4. The maximum absolute atomic E-state index is 13.8. The average Bonchev–Trinajstić information content (AvgIpc) is 3.04. The molecule has 0 spiro atoms. The van der Waals surface area contributed by atoms with Crippen molar-refractivity contribution >= 4 is 17.3 Å². The number of likely N-dealkylation sites (N-methyl/N-ethyl adjacent to an activating group) is 1. The van der Waals surface area contributed by atoms with Crippen molar-refractivity contribution in [2.45, 2.75) is 32.1 Å². The van der Waals surface area contributed by atoms with Crippen molar-refractivity contribution in [2.75, 3.05) is 64.3 Å². The van der Waals surface area contributed by atoms with Gasteiger partial charge in [0.05, 0.1) is 10.6 Å². The van der Waals surface area contributed by atoms with E-state index in [2.05, 4.69) is 26.6 Å². The minimum Gasteiger partial charge on any atom is -0.370 e. The lowest BCUT2D eigenvalue weighted by Crippen LogP contribution is -2.46. The maximum atomic E-state index is 13.8. The molecule has 1 atom stereocenters. The van der Waals surface area contributed by atoms with E-state index in [1.54, 1.807) is 24.3 Å². The van der Waals surface area contributed by atoms with E-state index >= 15 is 0 Å². The summed E-state index contributed by atoms with van der Waals surface area (Å²) in [6.45, 7) is 8.62. The molecule has 0 bridgehead atoms. The van der Waals surface area contributed by atoms with Gasteiger partial charge in [0.25, 0.3) is 0 Å². The summed E-state index contributed by atoms with van der Waals surface area (Å²) in [7, 11) is 2.08. The van der Waals surface area contributed by atoms with Crippen LogP contribution in [0.1, 0.15) is 36.1 Å². The predicted molar refractivity (Wildman–Crippen MR) is 132 cm³/mol. The molecule has 0 N–H and O–H groups in total. The van der Waals surface area contributed by atoms with Crippen molar-refractivity contribution in [1.82, 2.24) is 14.7 Å². The van der Waals surface area contributed by atoms with Crippen molar-refractivity contribution in [3.05, 3.63) is 63.9 Å². The molecule has 35 heavy (non-hydrogen) atoms. The van der Waals surface area contributed by atoms with E-state index in [4.69, 9.17) is 11.6 Å². The van der Waals surface area contributed by atoms with Gasteiger partial charge in [0.1, 0.15) is 5.82 Å². The van der Waals surface area contributed by atoms with Crippen LogP contribution < -0.4 is 4.90 Å². The number of rotatable bonds is 5. The Balaban J connectivity index is 1.44. The number of hydrogen-bond acceptors (Lipinski definition) is 4. The highest BCUT2D eigenvalue weighted by Crippen LogP contribution is 2.35. The van der Waals surface area contributed by atoms with Gasteiger partial charge >= 0.3 is 6.18 Å². The quantitative estimate of drug-likeness (QED) is 0.489. The number of halogens is 5. The number of alkyl halides is 3. The standard InChI is InChI=1S/C26H33ClF4N4/c1-19(20-4-7-25(28)24(27)17-20)34-14-11-33(12-15-34)18-21-16-22(5-6-23(21)26(29,30)31)35-9-3-8-32(2)10-13-35/h4-7,16-17,19H,3,8-15,18H2,1-2H3. The van der Waals surface area contributed by atoms with Gasteiger partial charge in [-0.05, 0) is 68.4 Å². The smallest absolute Gasteiger partial charge is 0.370 e. The summed E-state index contributed by atoms with van der Waals surface area (Å²) in [6, 6.07) is 9.41. The molecule has 2 aromatic carbocycles. The summed E-state index contributed by atoms with van der Waals surface area (Å²) in [5.41, 5.74) is 1.58. The van der Waals surface area contributed by atoms with Crippen LogP contribution in [0, 0.1) is 5.82 Å². The van der Waals surface area contributed by atoms with Gasteiger partial charge < -0.3 is 9.80 Å². The zero-order valence-corrected chi connectivity index (χ0v) is 21.0. The van der Waals surface area contributed by atoms with Crippen LogP contribution in [0.3, 0.4) is 0 Å². The monoisotopic (exact) mass is 512 g/mol. The van der Waals surface area contributed by atoms with Crippen LogP contribution in [0.15, 0.2) is 36.4 Å². The Morgan fingerprint density at radius 1 is 0.914 bits per heavy atom. The third kappa shape index (κ3) is 6.47. The van der Waals surface area contributed by atoms with E-state index in [1.165, 1.54) is 12.1 Å². The molecule has 2 aliphatic heterocycles. The molecule has 2 heterocycles. The van der Waals surface area contributed by atoms with Crippen molar-refractivity contribution in [3.63, 3.8) is 0 Å². The topological polar surface area (TPSA) is 13.0 Å². The molecule has 0 amide bonds. The Hall–Kier alpha value is -1.87. The molecule has 2 saturated heterocycles. The van der Waals surface area contributed by atoms with Crippen LogP contribution in [0.2, 0.25) is 5.02 Å². The van der Waals surface area contributed by atoms with Crippen molar-refractivity contribution in [3.8, 4) is 0 Å².